The molecule has 120 valence electrons. The summed E-state index contributed by atoms with van der Waals surface area (Å²) in [6, 6.07) is 6.41. The van der Waals surface area contributed by atoms with Crippen molar-refractivity contribution in [3.63, 3.8) is 0 Å². The highest BCUT2D eigenvalue weighted by molar-refractivity contribution is 7.14. The maximum absolute atomic E-state index is 12.2. The van der Waals surface area contributed by atoms with Gasteiger partial charge < -0.3 is 5.21 Å². The van der Waals surface area contributed by atoms with Gasteiger partial charge in [-0.2, -0.15) is 4.73 Å². The summed E-state index contributed by atoms with van der Waals surface area (Å²) in [4.78, 5) is 25.9. The van der Waals surface area contributed by atoms with Crippen molar-refractivity contribution >= 4 is 23.2 Å². The van der Waals surface area contributed by atoms with E-state index in [2.05, 4.69) is 10.9 Å². The van der Waals surface area contributed by atoms with Crippen molar-refractivity contribution in [2.24, 2.45) is 0 Å². The van der Waals surface area contributed by atoms with Crippen LogP contribution in [0, 0.1) is 5.21 Å². The molecule has 2 heterocycles. The lowest BCUT2D eigenvalue weighted by molar-refractivity contribution is -0.607. The Morgan fingerprint density at radius 2 is 1.87 bits per heavy atom. The third kappa shape index (κ3) is 3.50. The van der Waals surface area contributed by atoms with Gasteiger partial charge in [-0.1, -0.05) is 6.42 Å². The second-order valence-corrected chi connectivity index (χ2v) is 6.58. The third-order valence-electron chi connectivity index (χ3n) is 3.82. The number of hydrogen-bond acceptors (Lipinski definition) is 4. The Hall–Kier alpha value is -2.41. The van der Waals surface area contributed by atoms with Gasteiger partial charge in [0.05, 0.1) is 4.88 Å². The lowest BCUT2D eigenvalue weighted by Crippen LogP contribution is -2.46. The Morgan fingerprint density at radius 3 is 2.70 bits per heavy atom. The molecule has 2 N–H and O–H groups in total. The molecule has 1 aliphatic carbocycles. The molecule has 2 aromatic heterocycles. The van der Waals surface area contributed by atoms with E-state index in [4.69, 9.17) is 0 Å². The molecule has 0 atom stereocenters. The first-order valence-electron chi connectivity index (χ1n) is 7.55. The van der Waals surface area contributed by atoms with E-state index in [1.807, 2.05) is 6.07 Å². The average molecular weight is 331 g/mol. The summed E-state index contributed by atoms with van der Waals surface area (Å²) < 4.78 is 0.453. The number of thiophene rings is 1. The van der Waals surface area contributed by atoms with Crippen LogP contribution in [0.5, 0.6) is 0 Å². The molecule has 7 heteroatoms. The number of rotatable bonds is 2. The number of aryl methyl sites for hydroxylation is 2. The van der Waals surface area contributed by atoms with E-state index >= 15 is 0 Å². The van der Waals surface area contributed by atoms with E-state index in [0.29, 0.717) is 9.61 Å². The van der Waals surface area contributed by atoms with Gasteiger partial charge in [0.25, 0.3) is 11.6 Å². The van der Waals surface area contributed by atoms with Crippen LogP contribution in [-0.4, -0.2) is 11.8 Å². The Balaban J connectivity index is 1.64. The summed E-state index contributed by atoms with van der Waals surface area (Å²) in [6.45, 7) is 0. The molecule has 2 aromatic rings. The van der Waals surface area contributed by atoms with Crippen LogP contribution in [0.3, 0.4) is 0 Å². The molecule has 0 fully saturated rings. The first kappa shape index (κ1) is 15.5. The summed E-state index contributed by atoms with van der Waals surface area (Å²) in [5.74, 6) is -1.00. The van der Waals surface area contributed by atoms with Crippen LogP contribution in [0.15, 0.2) is 30.5 Å². The predicted octanol–water partition coefficient (Wildman–Crippen LogP) is 1.73. The zero-order chi connectivity index (χ0) is 16.2. The van der Waals surface area contributed by atoms with Crippen LogP contribution >= 0.6 is 11.3 Å². The molecule has 2 amide bonds. The van der Waals surface area contributed by atoms with Crippen LogP contribution < -0.4 is 15.6 Å². The van der Waals surface area contributed by atoms with Gasteiger partial charge in [0, 0.05) is 17.0 Å². The maximum Gasteiger partial charge on any atom is 0.335 e. The second kappa shape index (κ2) is 6.78. The summed E-state index contributed by atoms with van der Waals surface area (Å²) in [5.41, 5.74) is 5.81. The summed E-state index contributed by atoms with van der Waals surface area (Å²) >= 11 is 1.48. The van der Waals surface area contributed by atoms with Gasteiger partial charge in [-0.25, -0.2) is 0 Å². The van der Waals surface area contributed by atoms with Crippen molar-refractivity contribution in [3.05, 3.63) is 56.7 Å². The number of nitrogens with one attached hydrogen (secondary N) is 2. The minimum absolute atomic E-state index is 0.0743. The van der Waals surface area contributed by atoms with Crippen molar-refractivity contribution in [3.8, 4) is 0 Å². The highest BCUT2D eigenvalue weighted by Crippen LogP contribution is 2.28. The Labute approximate surface area is 137 Å². The molecule has 0 bridgehead atoms. The zero-order valence-electron chi connectivity index (χ0n) is 12.5. The SMILES string of the molecule is O=C(NNC(=O)c1cccc[n+]1[O-])c1cc2c(s1)CCCCC2. The van der Waals surface area contributed by atoms with Gasteiger partial charge in [-0.3, -0.25) is 20.4 Å². The van der Waals surface area contributed by atoms with Crippen molar-refractivity contribution in [1.82, 2.24) is 10.9 Å². The molecule has 3 rings (SSSR count). The lowest BCUT2D eigenvalue weighted by atomic mass is 10.1. The Kier molecular flexibility index (Phi) is 4.57. The van der Waals surface area contributed by atoms with E-state index in [-0.39, 0.29) is 11.6 Å². The van der Waals surface area contributed by atoms with Crippen molar-refractivity contribution in [1.29, 1.82) is 0 Å². The zero-order valence-corrected chi connectivity index (χ0v) is 13.3. The van der Waals surface area contributed by atoms with E-state index in [0.717, 1.165) is 25.7 Å². The highest BCUT2D eigenvalue weighted by atomic mass is 32.1. The molecular formula is C16H17N3O3S. The topological polar surface area (TPSA) is 85.1 Å². The molecule has 0 saturated heterocycles. The average Bonchev–Trinajstić information content (AvgIpc) is 2.84. The van der Waals surface area contributed by atoms with Crippen LogP contribution in [0.4, 0.5) is 0 Å². The Morgan fingerprint density at radius 1 is 1.09 bits per heavy atom. The quantitative estimate of drug-likeness (QED) is 0.380. The maximum atomic E-state index is 12.2. The number of pyridine rings is 1. The highest BCUT2D eigenvalue weighted by Gasteiger charge is 2.19. The van der Waals surface area contributed by atoms with Crippen LogP contribution in [0.1, 0.15) is 49.9 Å². The van der Waals surface area contributed by atoms with Gasteiger partial charge >= 0.3 is 5.91 Å². The minimum atomic E-state index is -0.646. The fourth-order valence-corrected chi connectivity index (χ4v) is 3.77. The third-order valence-corrected chi connectivity index (χ3v) is 5.05. The second-order valence-electron chi connectivity index (χ2n) is 5.44. The van der Waals surface area contributed by atoms with Gasteiger partial charge in [0.1, 0.15) is 0 Å². The molecule has 0 aromatic carbocycles. The molecule has 0 saturated carbocycles. The van der Waals surface area contributed by atoms with E-state index in [1.165, 1.54) is 46.5 Å². The first-order chi connectivity index (χ1) is 11.1. The smallest absolute Gasteiger partial charge is 0.335 e. The summed E-state index contributed by atoms with van der Waals surface area (Å²) in [6.07, 6.45) is 6.78. The molecule has 0 unspecified atom stereocenters. The van der Waals surface area contributed by atoms with E-state index in [1.54, 1.807) is 6.07 Å². The minimum Gasteiger partial charge on any atom is -0.618 e. The lowest BCUT2D eigenvalue weighted by Gasteiger charge is -2.06. The normalized spacial score (nSPS) is 13.7. The standard InChI is InChI=1S/C16H17N3O3S/c20-15(12-7-4-5-9-19(12)22)17-18-16(21)14-10-11-6-2-1-3-8-13(11)23-14/h4-5,7,9-10H,1-3,6,8H2,(H,17,20)(H,18,21). The van der Waals surface area contributed by atoms with E-state index in [9.17, 15) is 14.8 Å². The van der Waals surface area contributed by atoms with Crippen molar-refractivity contribution < 1.29 is 14.3 Å². The van der Waals surface area contributed by atoms with Crippen LogP contribution in [0.2, 0.25) is 0 Å². The monoisotopic (exact) mass is 331 g/mol. The number of carbonyl (C=O) groups excluding carboxylic acids is 2. The largest absolute Gasteiger partial charge is 0.618 e. The molecule has 0 aliphatic heterocycles. The molecule has 1 aliphatic rings. The number of fused-ring (bicyclic) bond motifs is 1. The number of amides is 2. The number of nitrogens with zero attached hydrogens (tertiary/aromatic N) is 1. The van der Waals surface area contributed by atoms with Crippen LogP contribution in [-0.2, 0) is 12.8 Å². The fourth-order valence-electron chi connectivity index (χ4n) is 2.62. The number of carbonyl (C=O) groups is 2. The van der Waals surface area contributed by atoms with Gasteiger partial charge in [0.2, 0.25) is 0 Å². The van der Waals surface area contributed by atoms with Gasteiger partial charge in [0.15, 0.2) is 6.20 Å². The predicted molar refractivity (Wildman–Crippen MR) is 85.9 cm³/mol. The summed E-state index contributed by atoms with van der Waals surface area (Å²) in [5, 5.41) is 11.5. The summed E-state index contributed by atoms with van der Waals surface area (Å²) in [7, 11) is 0. The fraction of sp³-hybridized carbons (Fsp3) is 0.312. The van der Waals surface area contributed by atoms with E-state index < -0.39 is 5.91 Å². The number of hydrogen-bond donors (Lipinski definition) is 2. The molecule has 0 radical (unpaired) electrons. The molecule has 23 heavy (non-hydrogen) atoms. The Bertz CT molecular complexity index is 718. The number of aromatic nitrogens is 1. The molecular weight excluding hydrogens is 314 g/mol. The molecule has 6 nitrogen and oxygen atoms in total. The van der Waals surface area contributed by atoms with Gasteiger partial charge in [-0.15, -0.1) is 11.3 Å². The van der Waals surface area contributed by atoms with Crippen molar-refractivity contribution in [2.75, 3.05) is 0 Å². The number of hydrazine groups is 1. The molecule has 0 spiro atoms. The first-order valence-corrected chi connectivity index (χ1v) is 8.37. The van der Waals surface area contributed by atoms with Crippen molar-refractivity contribution in [2.45, 2.75) is 32.1 Å². The van der Waals surface area contributed by atoms with Gasteiger partial charge in [-0.05, 0) is 43.4 Å². The van der Waals surface area contributed by atoms with Crippen LogP contribution in [0.25, 0.3) is 0 Å².